The van der Waals surface area contributed by atoms with Gasteiger partial charge in [-0.25, -0.2) is 38.4 Å². The molecule has 0 atom stereocenters. The molecule has 0 aliphatic rings. The molecule has 4 amide bonds. The van der Waals surface area contributed by atoms with Crippen molar-refractivity contribution in [3.63, 3.8) is 0 Å². The fraction of sp³-hybridized carbons (Fsp3) is 0.280. The fourth-order valence-electron chi connectivity index (χ4n) is 2.65. The number of nitrogens with two attached hydrogens (primary N) is 4. The molecule has 0 bridgehead atoms. The summed E-state index contributed by atoms with van der Waals surface area (Å²) in [4.78, 5) is 149. The summed E-state index contributed by atoms with van der Waals surface area (Å²) in [5, 5.41) is 15.6. The molecule has 432 valence electrons. The van der Waals surface area contributed by atoms with E-state index in [0.717, 1.165) is 49.4 Å². The van der Waals surface area contributed by atoms with Crippen LogP contribution < -0.4 is 22.9 Å². The number of primary amides is 4. The van der Waals surface area contributed by atoms with E-state index in [9.17, 15) is 67.1 Å². The number of esters is 8. The van der Waals surface area contributed by atoms with Crippen molar-refractivity contribution < 1.29 is 115 Å². The van der Waals surface area contributed by atoms with Crippen LogP contribution in [0.2, 0.25) is 0 Å². The minimum absolute atomic E-state index is 0.0820. The van der Waals surface area contributed by atoms with Crippen LogP contribution in [-0.4, -0.2) is 120 Å². The molecule has 10 N–H and O–H groups in total. The number of amides is 4. The molecule has 0 unspecified atom stereocenters. The number of carboxylic acids is 2. The third kappa shape index (κ3) is 61.8. The van der Waals surface area contributed by atoms with Crippen molar-refractivity contribution in [3.05, 3.63) is 134 Å². The normalized spacial score (nSPS) is 9.90. The molecule has 0 rings (SSSR count). The van der Waals surface area contributed by atoms with Gasteiger partial charge in [-0.1, -0.05) is 39.5 Å². The summed E-state index contributed by atoms with van der Waals surface area (Å²) in [6.07, 6.45) is 8.15. The molecule has 0 saturated carbocycles. The molecule has 0 saturated heterocycles. The summed E-state index contributed by atoms with van der Waals surface area (Å²) < 4.78 is 37.8. The van der Waals surface area contributed by atoms with E-state index in [4.69, 9.17) is 48.1 Å². The van der Waals surface area contributed by atoms with Crippen LogP contribution in [0.15, 0.2) is 134 Å². The van der Waals surface area contributed by atoms with Crippen LogP contribution in [0.25, 0.3) is 0 Å². The summed E-state index contributed by atoms with van der Waals surface area (Å²) >= 11 is 0. The van der Waals surface area contributed by atoms with Gasteiger partial charge in [0, 0.05) is 23.3 Å². The summed E-state index contributed by atoms with van der Waals surface area (Å²) in [6.45, 7) is 32.1. The highest BCUT2D eigenvalue weighted by Gasteiger charge is 2.17. The molecule has 0 aromatic carbocycles. The zero-order valence-electron chi connectivity index (χ0n) is 44.4. The van der Waals surface area contributed by atoms with E-state index in [1.54, 1.807) is 27.7 Å². The SMILES string of the molecule is C=C(CC(=O)OC=C(C)C(=O)OCC)C(=O)OC=C(C)C(=O)OCC.C=C(CC(=O)OC=C(C)C(=O)OCC)C(=O)OC=C(C)C(=O)OCC.C=CC(N)=O.C=CC(N)=O.C=CC(N)=O.C=CC(N)=O.O=C(O)/C=C\C(=O)O. The first-order chi connectivity index (χ1) is 36.1. The van der Waals surface area contributed by atoms with E-state index in [-0.39, 0.29) is 59.9 Å². The number of carbonyl (C=O) groups is 14. The predicted octanol–water partition coefficient (Wildman–Crippen LogP) is 2.25. The van der Waals surface area contributed by atoms with Crippen LogP contribution in [0, 0.1) is 0 Å². The first kappa shape index (κ1) is 81.8. The number of rotatable bonds is 24. The number of aliphatic carboxylic acids is 2. The fourth-order valence-corrected chi connectivity index (χ4v) is 2.65. The van der Waals surface area contributed by atoms with Gasteiger partial charge in [-0.05, 0) is 79.7 Å². The van der Waals surface area contributed by atoms with Gasteiger partial charge in [0.2, 0.25) is 23.6 Å². The van der Waals surface area contributed by atoms with Crippen molar-refractivity contribution in [3.8, 4) is 0 Å². The van der Waals surface area contributed by atoms with Crippen LogP contribution in [0.3, 0.4) is 0 Å². The Balaban J connectivity index is -0.000000174. The zero-order valence-corrected chi connectivity index (χ0v) is 44.4. The molecule has 0 heterocycles. The standard InChI is InChI=1S/2C17H22O8.C4H4O4.4C3H5NO/c2*1-6-22-16(20)12(4)9-24-14(18)8-11(3)15(19)25-10-13(5)17(21)23-7-2;5-3(6)1-2-4(7)8;4*1-2-3(4)5/h2*9-10H,3,6-8H2,1-2,4-5H3;1-2H,(H,5,6)(H,7,8);4*2H,1H2,(H2,4,5)/b;;2-1-;;;;. The zero-order chi connectivity index (χ0) is 62.5. The first-order valence-corrected chi connectivity index (χ1v) is 21.5. The molecule has 0 aliphatic heterocycles. The Morgan fingerprint density at radius 3 is 0.705 bits per heavy atom. The lowest BCUT2D eigenvalue weighted by Crippen LogP contribution is -2.12. The van der Waals surface area contributed by atoms with E-state index in [2.05, 4.69) is 62.4 Å². The van der Waals surface area contributed by atoms with Crippen LogP contribution in [0.5, 0.6) is 0 Å². The minimum atomic E-state index is -1.26. The van der Waals surface area contributed by atoms with Crippen molar-refractivity contribution in [1.82, 2.24) is 0 Å². The minimum Gasteiger partial charge on any atom is -0.478 e. The molecule has 0 radical (unpaired) electrons. The van der Waals surface area contributed by atoms with E-state index in [1.807, 2.05) is 0 Å². The molecule has 28 nitrogen and oxygen atoms in total. The van der Waals surface area contributed by atoms with Crippen LogP contribution in [0.4, 0.5) is 0 Å². The Morgan fingerprint density at radius 1 is 0.372 bits per heavy atom. The predicted molar refractivity (Wildman–Crippen MR) is 275 cm³/mol. The van der Waals surface area contributed by atoms with Crippen LogP contribution in [0.1, 0.15) is 68.2 Å². The molecule has 0 aromatic rings. The third-order valence-corrected chi connectivity index (χ3v) is 6.28. The van der Waals surface area contributed by atoms with Crippen molar-refractivity contribution >= 4 is 83.3 Å². The van der Waals surface area contributed by atoms with Crippen molar-refractivity contribution in [2.75, 3.05) is 26.4 Å². The van der Waals surface area contributed by atoms with Gasteiger partial charge >= 0.3 is 59.7 Å². The molecule has 78 heavy (non-hydrogen) atoms. The van der Waals surface area contributed by atoms with Gasteiger partial charge in [-0.2, -0.15) is 0 Å². The lowest BCUT2D eigenvalue weighted by atomic mass is 10.2. The monoisotopic (exact) mass is 1110 g/mol. The van der Waals surface area contributed by atoms with Gasteiger partial charge in [0.25, 0.3) is 0 Å². The van der Waals surface area contributed by atoms with Gasteiger partial charge in [-0.15, -0.1) is 0 Å². The van der Waals surface area contributed by atoms with Crippen molar-refractivity contribution in [2.45, 2.75) is 68.2 Å². The van der Waals surface area contributed by atoms with E-state index < -0.39 is 96.2 Å². The average Bonchev–Trinajstić information content (AvgIpc) is 3.38. The number of carbonyl (C=O) groups excluding carboxylic acids is 12. The second-order valence-corrected chi connectivity index (χ2v) is 12.9. The van der Waals surface area contributed by atoms with E-state index >= 15 is 0 Å². The Hall–Kier alpha value is -10.3. The number of hydrogen-bond donors (Lipinski definition) is 6. The van der Waals surface area contributed by atoms with Gasteiger partial charge in [0.1, 0.15) is 25.0 Å². The molecular weight excluding hydrogens is 1040 g/mol. The lowest BCUT2D eigenvalue weighted by molar-refractivity contribution is -0.142. The van der Waals surface area contributed by atoms with Crippen molar-refractivity contribution in [1.29, 1.82) is 0 Å². The quantitative estimate of drug-likeness (QED) is 0.0349. The lowest BCUT2D eigenvalue weighted by Gasteiger charge is -2.05. The maximum atomic E-state index is 11.7. The van der Waals surface area contributed by atoms with Crippen LogP contribution >= 0.6 is 0 Å². The summed E-state index contributed by atoms with van der Waals surface area (Å²) in [7, 11) is 0. The number of ether oxygens (including phenoxy) is 8. The second kappa shape index (κ2) is 53.0. The highest BCUT2D eigenvalue weighted by molar-refractivity contribution is 5.96. The van der Waals surface area contributed by atoms with Gasteiger partial charge < -0.3 is 71.0 Å². The molecule has 28 heteroatoms. The molecule has 0 spiro atoms. The Morgan fingerprint density at radius 2 is 0.551 bits per heavy atom. The highest BCUT2D eigenvalue weighted by atomic mass is 16.6. The summed E-state index contributed by atoms with van der Waals surface area (Å²) in [5.41, 5.74) is 18.1. The topological polar surface area (TPSA) is 457 Å². The molecule has 0 aromatic heterocycles. The number of hydrogen-bond acceptors (Lipinski definition) is 22. The summed E-state index contributed by atoms with van der Waals surface area (Å²) in [6, 6.07) is 0. The van der Waals surface area contributed by atoms with E-state index in [1.165, 1.54) is 27.7 Å². The molecular formula is C50H68N4O24. The first-order valence-electron chi connectivity index (χ1n) is 21.5. The van der Waals surface area contributed by atoms with Gasteiger partial charge in [0.05, 0.1) is 61.6 Å². The maximum absolute atomic E-state index is 11.7. The smallest absolute Gasteiger partial charge is 0.338 e. The van der Waals surface area contributed by atoms with E-state index in [0.29, 0.717) is 12.2 Å². The third-order valence-electron chi connectivity index (χ3n) is 6.28. The second-order valence-electron chi connectivity index (χ2n) is 12.9. The highest BCUT2D eigenvalue weighted by Crippen LogP contribution is 2.09. The Kier molecular flexibility index (Phi) is 55.6. The largest absolute Gasteiger partial charge is 0.478 e. The van der Waals surface area contributed by atoms with Crippen LogP contribution in [-0.2, 0) is 105 Å². The van der Waals surface area contributed by atoms with Crippen molar-refractivity contribution in [2.24, 2.45) is 22.9 Å². The Bertz CT molecular complexity index is 2120. The summed E-state index contributed by atoms with van der Waals surface area (Å²) in [5.74, 6) is -10.3. The van der Waals surface area contributed by atoms with Gasteiger partial charge in [0.15, 0.2) is 0 Å². The molecule has 0 aliphatic carbocycles. The van der Waals surface area contributed by atoms with Gasteiger partial charge in [-0.3, -0.25) is 28.8 Å². The molecule has 0 fully saturated rings. The number of carboxylic acid groups (broad SMARTS) is 2. The average molecular weight is 1110 g/mol. The Labute approximate surface area is 449 Å². The maximum Gasteiger partial charge on any atom is 0.338 e.